The van der Waals surface area contributed by atoms with Gasteiger partial charge in [0.15, 0.2) is 0 Å². The van der Waals surface area contributed by atoms with Gasteiger partial charge in [0.05, 0.1) is 0 Å². The van der Waals surface area contributed by atoms with Gasteiger partial charge in [0.1, 0.15) is 6.04 Å². The maximum Gasteiger partial charge on any atom is 0.321 e. The Bertz CT molecular complexity index is 404. The van der Waals surface area contributed by atoms with E-state index < -0.39 is 12.0 Å². The van der Waals surface area contributed by atoms with Crippen LogP contribution in [-0.2, 0) is 11.3 Å². The zero-order chi connectivity index (χ0) is 13.0. The van der Waals surface area contributed by atoms with Crippen molar-refractivity contribution in [2.75, 3.05) is 13.6 Å². The van der Waals surface area contributed by atoms with Gasteiger partial charge in [-0.3, -0.25) is 9.69 Å². The molecule has 0 aliphatic heterocycles. The molecule has 0 radical (unpaired) electrons. The van der Waals surface area contributed by atoms with Crippen LogP contribution in [0.1, 0.15) is 16.7 Å². The lowest BCUT2D eigenvalue weighted by Gasteiger charge is -2.19. The zero-order valence-electron chi connectivity index (χ0n) is 10.6. The summed E-state index contributed by atoms with van der Waals surface area (Å²) < 4.78 is 0. The highest BCUT2D eigenvalue weighted by Crippen LogP contribution is 2.11. The lowest BCUT2D eigenvalue weighted by atomic mass is 10.1. The lowest BCUT2D eigenvalue weighted by Crippen LogP contribution is -2.40. The molecular weight excluding hydrogens is 216 g/mol. The molecular formula is C13H20N2O2. The second-order valence-electron chi connectivity index (χ2n) is 4.56. The van der Waals surface area contributed by atoms with E-state index in [9.17, 15) is 4.79 Å². The van der Waals surface area contributed by atoms with E-state index in [1.54, 1.807) is 0 Å². The molecule has 17 heavy (non-hydrogen) atoms. The van der Waals surface area contributed by atoms with E-state index in [1.807, 2.05) is 11.9 Å². The summed E-state index contributed by atoms with van der Waals surface area (Å²) in [4.78, 5) is 12.6. The molecule has 0 spiro atoms. The first-order chi connectivity index (χ1) is 7.90. The minimum atomic E-state index is -0.961. The van der Waals surface area contributed by atoms with Crippen LogP contribution in [-0.4, -0.2) is 35.6 Å². The number of nitrogens with two attached hydrogens (primary N) is 1. The third kappa shape index (κ3) is 4.17. The molecule has 4 heteroatoms. The zero-order valence-corrected chi connectivity index (χ0v) is 10.6. The van der Waals surface area contributed by atoms with Gasteiger partial charge in [-0.25, -0.2) is 0 Å². The van der Waals surface area contributed by atoms with E-state index in [0.717, 1.165) is 0 Å². The van der Waals surface area contributed by atoms with Crippen LogP contribution in [0.5, 0.6) is 0 Å². The first kappa shape index (κ1) is 13.7. The number of hydrogen-bond donors (Lipinski definition) is 2. The molecule has 4 nitrogen and oxygen atoms in total. The molecule has 0 aliphatic rings. The highest BCUT2D eigenvalue weighted by molar-refractivity contribution is 5.73. The molecule has 0 aromatic heterocycles. The fourth-order valence-electron chi connectivity index (χ4n) is 1.69. The number of carboxylic acids is 1. The van der Waals surface area contributed by atoms with Gasteiger partial charge in [-0.1, -0.05) is 18.2 Å². The summed E-state index contributed by atoms with van der Waals surface area (Å²) in [6.45, 7) is 5.20. The van der Waals surface area contributed by atoms with E-state index in [1.165, 1.54) is 16.7 Å². The number of carbonyl (C=O) groups is 1. The van der Waals surface area contributed by atoms with Crippen LogP contribution in [0.25, 0.3) is 0 Å². The Hall–Kier alpha value is -1.39. The molecule has 0 saturated carbocycles. The molecule has 0 amide bonds. The van der Waals surface area contributed by atoms with Gasteiger partial charge in [0.25, 0.3) is 0 Å². The summed E-state index contributed by atoms with van der Waals surface area (Å²) in [5.74, 6) is -0.961. The van der Waals surface area contributed by atoms with Crippen LogP contribution >= 0.6 is 0 Å². The van der Waals surface area contributed by atoms with E-state index in [4.69, 9.17) is 10.8 Å². The monoisotopic (exact) mass is 236 g/mol. The minimum Gasteiger partial charge on any atom is -0.480 e. The predicted octanol–water partition coefficient (Wildman–Crippen LogP) is 1.15. The quantitative estimate of drug-likeness (QED) is 0.804. The van der Waals surface area contributed by atoms with Crippen molar-refractivity contribution in [3.05, 3.63) is 34.9 Å². The van der Waals surface area contributed by atoms with Crippen molar-refractivity contribution in [3.63, 3.8) is 0 Å². The van der Waals surface area contributed by atoms with Gasteiger partial charge in [-0.15, -0.1) is 0 Å². The molecule has 94 valence electrons. The largest absolute Gasteiger partial charge is 0.480 e. The number of hydrogen-bond acceptors (Lipinski definition) is 3. The third-order valence-electron chi connectivity index (χ3n) is 2.85. The van der Waals surface area contributed by atoms with Crippen molar-refractivity contribution in [1.82, 2.24) is 4.90 Å². The van der Waals surface area contributed by atoms with Gasteiger partial charge in [0, 0.05) is 13.1 Å². The number of aliphatic carboxylic acids is 1. The molecule has 3 N–H and O–H groups in total. The van der Waals surface area contributed by atoms with Crippen LogP contribution in [0.4, 0.5) is 0 Å². The Morgan fingerprint density at radius 2 is 2.06 bits per heavy atom. The summed E-state index contributed by atoms with van der Waals surface area (Å²) in [6, 6.07) is 5.44. The summed E-state index contributed by atoms with van der Waals surface area (Å²) >= 11 is 0. The van der Waals surface area contributed by atoms with Gasteiger partial charge in [0.2, 0.25) is 0 Å². The molecule has 1 rings (SSSR count). The molecule has 0 heterocycles. The summed E-state index contributed by atoms with van der Waals surface area (Å²) in [5, 5.41) is 8.73. The Labute approximate surface area is 102 Å². The average molecular weight is 236 g/mol. The molecule has 1 aromatic carbocycles. The molecule has 1 unspecified atom stereocenters. The van der Waals surface area contributed by atoms with Crippen molar-refractivity contribution in [3.8, 4) is 0 Å². The molecule has 0 bridgehead atoms. The number of benzene rings is 1. The third-order valence-corrected chi connectivity index (χ3v) is 2.85. The fourth-order valence-corrected chi connectivity index (χ4v) is 1.69. The lowest BCUT2D eigenvalue weighted by molar-refractivity contribution is -0.138. The van der Waals surface area contributed by atoms with Crippen molar-refractivity contribution >= 4 is 5.97 Å². The summed E-state index contributed by atoms with van der Waals surface area (Å²) in [6.07, 6.45) is 0. The second kappa shape index (κ2) is 5.80. The normalized spacial score (nSPS) is 12.8. The number of rotatable bonds is 5. The number of carboxylic acid groups (broad SMARTS) is 1. The highest BCUT2D eigenvalue weighted by atomic mass is 16.4. The SMILES string of the molecule is Cc1ccc(CN(C)CC(N)C(=O)O)cc1C. The van der Waals surface area contributed by atoms with E-state index >= 15 is 0 Å². The van der Waals surface area contributed by atoms with Crippen molar-refractivity contribution in [2.24, 2.45) is 5.73 Å². The number of aryl methyl sites for hydroxylation is 2. The summed E-state index contributed by atoms with van der Waals surface area (Å²) in [5.41, 5.74) is 9.17. The number of likely N-dealkylation sites (N-methyl/N-ethyl adjacent to an activating group) is 1. The van der Waals surface area contributed by atoms with E-state index in [-0.39, 0.29) is 0 Å². The van der Waals surface area contributed by atoms with E-state index in [0.29, 0.717) is 13.1 Å². The van der Waals surface area contributed by atoms with Gasteiger partial charge in [-0.05, 0) is 37.6 Å². The average Bonchev–Trinajstić information content (AvgIpc) is 2.23. The molecule has 0 aliphatic carbocycles. The molecule has 0 fully saturated rings. The maximum atomic E-state index is 10.6. The van der Waals surface area contributed by atoms with Crippen molar-refractivity contribution in [2.45, 2.75) is 26.4 Å². The topological polar surface area (TPSA) is 66.6 Å². The molecule has 1 atom stereocenters. The smallest absolute Gasteiger partial charge is 0.321 e. The van der Waals surface area contributed by atoms with Crippen LogP contribution in [0, 0.1) is 13.8 Å². The standard InChI is InChI=1S/C13H20N2O2/c1-9-4-5-11(6-10(9)2)7-15(3)8-12(14)13(16)17/h4-6,12H,7-8,14H2,1-3H3,(H,16,17). The van der Waals surface area contributed by atoms with Crippen LogP contribution in [0.2, 0.25) is 0 Å². The predicted molar refractivity (Wildman–Crippen MR) is 67.9 cm³/mol. The van der Waals surface area contributed by atoms with Crippen molar-refractivity contribution < 1.29 is 9.90 Å². The number of nitrogens with zero attached hydrogens (tertiary/aromatic N) is 1. The first-order valence-electron chi connectivity index (χ1n) is 5.63. The van der Waals surface area contributed by atoms with Crippen LogP contribution in [0.15, 0.2) is 18.2 Å². The van der Waals surface area contributed by atoms with Crippen molar-refractivity contribution in [1.29, 1.82) is 0 Å². The molecule has 0 saturated heterocycles. The Morgan fingerprint density at radius 3 is 2.59 bits per heavy atom. The minimum absolute atomic E-state index is 0.349. The molecule has 1 aromatic rings. The Morgan fingerprint density at radius 1 is 1.41 bits per heavy atom. The van der Waals surface area contributed by atoms with Crippen LogP contribution < -0.4 is 5.73 Å². The van der Waals surface area contributed by atoms with Crippen LogP contribution in [0.3, 0.4) is 0 Å². The summed E-state index contributed by atoms with van der Waals surface area (Å²) in [7, 11) is 1.87. The highest BCUT2D eigenvalue weighted by Gasteiger charge is 2.14. The Kier molecular flexibility index (Phi) is 4.66. The van der Waals surface area contributed by atoms with E-state index in [2.05, 4.69) is 32.0 Å². The Balaban J connectivity index is 2.58. The van der Waals surface area contributed by atoms with Gasteiger partial charge < -0.3 is 10.8 Å². The maximum absolute atomic E-state index is 10.6. The fraction of sp³-hybridized carbons (Fsp3) is 0.462. The first-order valence-corrected chi connectivity index (χ1v) is 5.63. The second-order valence-corrected chi connectivity index (χ2v) is 4.56. The van der Waals surface area contributed by atoms with Gasteiger partial charge in [-0.2, -0.15) is 0 Å². The van der Waals surface area contributed by atoms with Gasteiger partial charge >= 0.3 is 5.97 Å².